The highest BCUT2D eigenvalue weighted by molar-refractivity contribution is 5.83. The topological polar surface area (TPSA) is 58.7 Å². The maximum Gasteiger partial charge on any atom is 0.504 e. The Labute approximate surface area is 176 Å². The molecule has 0 spiro atoms. The number of carbonyl (C=O) groups excluding carboxylic acids is 1. The molecule has 3 aliphatic rings. The second-order valence-corrected chi connectivity index (χ2v) is 8.73. The maximum absolute atomic E-state index is 12.9. The minimum absolute atomic E-state index is 0.00674. The van der Waals surface area contributed by atoms with Crippen molar-refractivity contribution in [2.75, 3.05) is 18.0 Å². The lowest BCUT2D eigenvalue weighted by Crippen LogP contribution is -2.56. The first-order chi connectivity index (χ1) is 14.9. The number of hydrogen-bond acceptors (Lipinski definition) is 4. The highest BCUT2D eigenvalue weighted by atomic mass is 19.4. The second-order valence-electron chi connectivity index (χ2n) is 8.73. The largest absolute Gasteiger partial charge is 0.504 e. The maximum atomic E-state index is 12.9. The molecule has 3 aromatic heterocycles. The molecule has 1 aliphatic carbocycles. The number of carbonyl (C=O) groups is 1. The summed E-state index contributed by atoms with van der Waals surface area (Å²) in [7, 11) is 0. The van der Waals surface area contributed by atoms with Crippen LogP contribution in [0.15, 0.2) is 36.9 Å². The third-order valence-electron chi connectivity index (χ3n) is 6.67. The zero-order chi connectivity index (χ0) is 21.3. The summed E-state index contributed by atoms with van der Waals surface area (Å²) in [5.74, 6) is 0.548. The van der Waals surface area contributed by atoms with Crippen molar-refractivity contribution in [1.82, 2.24) is 24.3 Å². The van der Waals surface area contributed by atoms with Crippen molar-refractivity contribution < 1.29 is 18.0 Å². The van der Waals surface area contributed by atoms with Crippen molar-refractivity contribution in [1.29, 1.82) is 0 Å². The molecule has 6 rings (SSSR count). The van der Waals surface area contributed by atoms with Gasteiger partial charge < -0.3 is 9.80 Å². The Kier molecular flexibility index (Phi) is 3.91. The van der Waals surface area contributed by atoms with Gasteiger partial charge in [-0.05, 0) is 37.8 Å². The van der Waals surface area contributed by atoms with E-state index < -0.39 is 6.30 Å². The summed E-state index contributed by atoms with van der Waals surface area (Å²) in [6.45, 7) is 1.53. The molecule has 2 saturated heterocycles. The van der Waals surface area contributed by atoms with Crippen molar-refractivity contribution in [2.45, 2.75) is 44.1 Å². The van der Waals surface area contributed by atoms with E-state index in [4.69, 9.17) is 0 Å². The van der Waals surface area contributed by atoms with E-state index in [2.05, 4.69) is 20.0 Å². The first-order valence-electron chi connectivity index (χ1n) is 10.6. The van der Waals surface area contributed by atoms with Gasteiger partial charge in [0.05, 0.1) is 17.4 Å². The predicted molar refractivity (Wildman–Crippen MR) is 106 cm³/mol. The van der Waals surface area contributed by atoms with Crippen LogP contribution in [-0.2, 0) is 11.1 Å². The molecule has 3 fully saturated rings. The van der Waals surface area contributed by atoms with Crippen LogP contribution in [0.5, 0.6) is 0 Å². The number of amides is 1. The van der Waals surface area contributed by atoms with Crippen LogP contribution in [0.1, 0.15) is 25.7 Å². The summed E-state index contributed by atoms with van der Waals surface area (Å²) in [5, 5.41) is 7.78. The smallest absolute Gasteiger partial charge is 0.366 e. The van der Waals surface area contributed by atoms with Gasteiger partial charge in [-0.15, -0.1) is 13.2 Å². The highest BCUT2D eigenvalue weighted by Gasteiger charge is 2.46. The average Bonchev–Trinajstić information content (AvgIpc) is 3.17. The number of hydrogen-bond donors (Lipinski definition) is 0. The van der Waals surface area contributed by atoms with Gasteiger partial charge in [0.2, 0.25) is 5.91 Å². The van der Waals surface area contributed by atoms with Crippen LogP contribution < -0.4 is 4.90 Å². The molecule has 5 heterocycles. The normalized spacial score (nSPS) is 23.7. The van der Waals surface area contributed by atoms with Gasteiger partial charge in [-0.1, -0.05) is 0 Å². The number of rotatable bonds is 3. The van der Waals surface area contributed by atoms with E-state index >= 15 is 0 Å². The zero-order valence-electron chi connectivity index (χ0n) is 16.7. The first-order valence-corrected chi connectivity index (χ1v) is 10.6. The molecule has 0 aromatic carbocycles. The van der Waals surface area contributed by atoms with Crippen LogP contribution in [0.4, 0.5) is 18.9 Å². The summed E-state index contributed by atoms with van der Waals surface area (Å²) < 4.78 is 40.4. The summed E-state index contributed by atoms with van der Waals surface area (Å²) in [6, 6.07) is 4.23. The van der Waals surface area contributed by atoms with Gasteiger partial charge in [0.15, 0.2) is 0 Å². The van der Waals surface area contributed by atoms with E-state index in [0.717, 1.165) is 56.2 Å². The van der Waals surface area contributed by atoms with Crippen molar-refractivity contribution >= 4 is 17.1 Å². The summed E-state index contributed by atoms with van der Waals surface area (Å²) in [6.07, 6.45) is 5.14. The minimum atomic E-state index is -4.54. The van der Waals surface area contributed by atoms with E-state index in [9.17, 15) is 18.0 Å². The van der Waals surface area contributed by atoms with Gasteiger partial charge in [0.25, 0.3) is 0 Å². The summed E-state index contributed by atoms with van der Waals surface area (Å²) >= 11 is 0. The predicted octanol–water partition coefficient (Wildman–Crippen LogP) is 3.26. The van der Waals surface area contributed by atoms with Crippen LogP contribution in [0.25, 0.3) is 16.6 Å². The lowest BCUT2D eigenvalue weighted by Gasteiger charge is -2.42. The van der Waals surface area contributed by atoms with Gasteiger partial charge in [-0.2, -0.15) is 14.9 Å². The summed E-state index contributed by atoms with van der Waals surface area (Å²) in [4.78, 5) is 17.1. The number of fused-ring (bicyclic) bond motifs is 3. The number of piperazine rings is 1. The third kappa shape index (κ3) is 3.07. The van der Waals surface area contributed by atoms with Crippen molar-refractivity contribution in [3.8, 4) is 11.1 Å². The lowest BCUT2D eigenvalue weighted by molar-refractivity contribution is -0.212. The molecule has 2 atom stereocenters. The quantitative estimate of drug-likeness (QED) is 0.640. The monoisotopic (exact) mass is 430 g/mol. The molecular formula is C21H21F3N6O. The van der Waals surface area contributed by atoms with Crippen LogP contribution in [0.3, 0.4) is 0 Å². The van der Waals surface area contributed by atoms with Crippen LogP contribution in [-0.4, -0.2) is 55.4 Å². The molecule has 31 heavy (non-hydrogen) atoms. The van der Waals surface area contributed by atoms with Crippen LogP contribution in [0.2, 0.25) is 0 Å². The van der Waals surface area contributed by atoms with Crippen molar-refractivity contribution in [2.24, 2.45) is 5.92 Å². The molecule has 2 aliphatic heterocycles. The van der Waals surface area contributed by atoms with Gasteiger partial charge in [0, 0.05) is 60.8 Å². The molecular weight excluding hydrogens is 409 g/mol. The molecule has 7 nitrogen and oxygen atoms in total. The fraction of sp³-hybridized carbons (Fsp3) is 0.476. The SMILES string of the molecule is O=C(C1CC1)N1C2CCC1CN(c1ccnn3cc(-c4cnn(C(F)(F)F)c4)cc13)C2. The molecule has 2 bridgehead atoms. The van der Waals surface area contributed by atoms with E-state index in [-0.39, 0.29) is 22.7 Å². The average molecular weight is 430 g/mol. The number of nitrogens with zero attached hydrogens (tertiary/aromatic N) is 6. The van der Waals surface area contributed by atoms with Crippen molar-refractivity contribution in [3.05, 3.63) is 36.9 Å². The molecule has 162 valence electrons. The Morgan fingerprint density at radius 1 is 1.00 bits per heavy atom. The number of anilines is 1. The molecule has 1 saturated carbocycles. The fourth-order valence-electron chi connectivity index (χ4n) is 5.04. The van der Waals surface area contributed by atoms with E-state index in [1.54, 1.807) is 16.9 Å². The second kappa shape index (κ2) is 6.48. The molecule has 0 N–H and O–H groups in total. The molecule has 0 radical (unpaired) electrons. The standard InChI is InChI=1S/C21H21F3N6O/c22-21(23,24)29-10-15(8-26-29)14-7-19-18(5-6-25-28(19)9-14)27-11-16-3-4-17(12-27)30(16)20(31)13-1-2-13/h5-10,13,16-17H,1-4,11-12H2. The first kappa shape index (κ1) is 18.7. The Hall–Kier alpha value is -3.04. The molecule has 2 unspecified atom stereocenters. The Balaban J connectivity index is 1.31. The molecule has 10 heteroatoms. The van der Waals surface area contributed by atoms with Crippen LogP contribution >= 0.6 is 0 Å². The number of alkyl halides is 3. The Morgan fingerprint density at radius 2 is 1.74 bits per heavy atom. The zero-order valence-corrected chi connectivity index (χ0v) is 16.7. The van der Waals surface area contributed by atoms with Crippen LogP contribution in [0, 0.1) is 5.92 Å². The molecule has 3 aromatic rings. The summed E-state index contributed by atoms with van der Waals surface area (Å²) in [5.41, 5.74) is 2.83. The van der Waals surface area contributed by atoms with Gasteiger partial charge in [-0.25, -0.2) is 4.52 Å². The van der Waals surface area contributed by atoms with Gasteiger partial charge in [0.1, 0.15) is 0 Å². The lowest BCUT2D eigenvalue weighted by atomic mass is 10.1. The molecule has 1 amide bonds. The Morgan fingerprint density at radius 3 is 2.39 bits per heavy atom. The Bertz CT molecular complexity index is 1150. The van der Waals surface area contributed by atoms with E-state index in [1.165, 1.54) is 6.20 Å². The van der Waals surface area contributed by atoms with Crippen molar-refractivity contribution in [3.63, 3.8) is 0 Å². The van der Waals surface area contributed by atoms with Gasteiger partial charge in [-0.3, -0.25) is 4.79 Å². The fourth-order valence-corrected chi connectivity index (χ4v) is 5.04. The van der Waals surface area contributed by atoms with E-state index in [1.807, 2.05) is 12.1 Å². The third-order valence-corrected chi connectivity index (χ3v) is 6.67. The van der Waals surface area contributed by atoms with E-state index in [0.29, 0.717) is 17.0 Å². The number of aromatic nitrogens is 4. The minimum Gasteiger partial charge on any atom is -0.366 e. The highest BCUT2D eigenvalue weighted by Crippen LogP contribution is 2.40. The van der Waals surface area contributed by atoms with Gasteiger partial charge >= 0.3 is 6.30 Å². The number of halogens is 3.